The van der Waals surface area contributed by atoms with E-state index in [9.17, 15) is 13.2 Å². The third kappa shape index (κ3) is 4.42. The minimum absolute atomic E-state index is 0.379. The zero-order chi connectivity index (χ0) is 17.0. The number of sulfonamides is 1. The van der Waals surface area contributed by atoms with Crippen LogP contribution in [0.5, 0.6) is 0 Å². The lowest BCUT2D eigenvalue weighted by Gasteiger charge is -2.25. The van der Waals surface area contributed by atoms with Crippen LogP contribution in [0.1, 0.15) is 49.2 Å². The molecule has 0 heterocycles. The summed E-state index contributed by atoms with van der Waals surface area (Å²) in [5.41, 5.74) is 1.07. The van der Waals surface area contributed by atoms with E-state index in [1.807, 2.05) is 0 Å². The van der Waals surface area contributed by atoms with Gasteiger partial charge in [0.1, 0.15) is 0 Å². The summed E-state index contributed by atoms with van der Waals surface area (Å²) in [6, 6.07) is 6.24. The summed E-state index contributed by atoms with van der Waals surface area (Å²) >= 11 is 0. The van der Waals surface area contributed by atoms with E-state index in [2.05, 4.69) is 16.0 Å². The van der Waals surface area contributed by atoms with Crippen LogP contribution in [0.15, 0.2) is 36.9 Å². The molecule has 0 unspecified atom stereocenters. The fourth-order valence-corrected chi connectivity index (χ4v) is 2.74. The molecule has 1 aromatic carbocycles. The fourth-order valence-electron chi connectivity index (χ4n) is 1.78. The highest BCUT2D eigenvalue weighted by atomic mass is 32.2. The van der Waals surface area contributed by atoms with Crippen molar-refractivity contribution in [2.24, 2.45) is 0 Å². The number of hydrogen-bond acceptors (Lipinski definition) is 4. The van der Waals surface area contributed by atoms with E-state index in [-0.39, 0.29) is 0 Å². The summed E-state index contributed by atoms with van der Waals surface area (Å²) in [7, 11) is -2.22. The average molecular weight is 325 g/mol. The Bertz CT molecular complexity index is 644. The molecule has 0 spiro atoms. The molecule has 1 aromatic rings. The topological polar surface area (TPSA) is 72.5 Å². The number of esters is 1. The molecule has 0 saturated heterocycles. The molecule has 0 saturated carbocycles. The molecule has 0 fully saturated rings. The first kappa shape index (κ1) is 18.4. The van der Waals surface area contributed by atoms with E-state index < -0.39 is 26.8 Å². The number of ether oxygens (including phenoxy) is 1. The normalized spacial score (nSPS) is 13.5. The molecule has 0 aliphatic carbocycles. The van der Waals surface area contributed by atoms with Crippen molar-refractivity contribution < 1.29 is 17.9 Å². The second kappa shape index (κ2) is 7.07. The number of carbonyl (C=O) groups is 1. The molecule has 0 aromatic heterocycles. The molecule has 0 bridgehead atoms. The summed E-state index contributed by atoms with van der Waals surface area (Å²) < 4.78 is 31.1. The molecule has 0 radical (unpaired) electrons. The Balaban J connectivity index is 3.17. The van der Waals surface area contributed by atoms with Crippen LogP contribution < -0.4 is 4.72 Å². The number of benzene rings is 1. The molecular weight excluding hydrogens is 302 g/mol. The lowest BCUT2D eigenvalue weighted by molar-refractivity contribution is 0.0600. The maximum Gasteiger partial charge on any atom is 0.337 e. The monoisotopic (exact) mass is 325 g/mol. The first-order valence-electron chi connectivity index (χ1n) is 6.93. The zero-order valence-corrected chi connectivity index (χ0v) is 14.2. The first-order chi connectivity index (χ1) is 10.1. The van der Waals surface area contributed by atoms with Gasteiger partial charge in [-0.25, -0.2) is 17.9 Å². The Morgan fingerprint density at radius 1 is 1.41 bits per heavy atom. The van der Waals surface area contributed by atoms with E-state index in [0.717, 1.165) is 0 Å². The molecule has 22 heavy (non-hydrogen) atoms. The van der Waals surface area contributed by atoms with Crippen LogP contribution >= 0.6 is 0 Å². The molecule has 0 aliphatic heterocycles. The highest BCUT2D eigenvalue weighted by Gasteiger charge is 2.31. The van der Waals surface area contributed by atoms with Crippen LogP contribution in [0.3, 0.4) is 0 Å². The van der Waals surface area contributed by atoms with Gasteiger partial charge in [-0.05, 0) is 44.9 Å². The number of carbonyl (C=O) groups excluding carboxylic acids is 1. The maximum absolute atomic E-state index is 12.3. The van der Waals surface area contributed by atoms with Crippen molar-refractivity contribution in [3.05, 3.63) is 48.0 Å². The second-order valence-electron chi connectivity index (χ2n) is 5.93. The highest BCUT2D eigenvalue weighted by Crippen LogP contribution is 2.23. The van der Waals surface area contributed by atoms with Crippen LogP contribution in [0.4, 0.5) is 0 Å². The Morgan fingerprint density at radius 2 is 2.05 bits per heavy atom. The third-order valence-electron chi connectivity index (χ3n) is 3.22. The highest BCUT2D eigenvalue weighted by molar-refractivity contribution is 7.90. The van der Waals surface area contributed by atoms with Crippen molar-refractivity contribution >= 4 is 16.0 Å². The van der Waals surface area contributed by atoms with Crippen molar-refractivity contribution in [2.75, 3.05) is 7.11 Å². The zero-order valence-electron chi connectivity index (χ0n) is 13.4. The summed E-state index contributed by atoms with van der Waals surface area (Å²) in [5, 5.41) is 0. The maximum atomic E-state index is 12.3. The SMILES string of the molecule is C=CC[C@@H](NS(=O)(=O)C(C)(C)C)c1cccc(C(=O)OC)c1. The molecule has 6 heteroatoms. The predicted octanol–water partition coefficient (Wildman–Crippen LogP) is 2.81. The minimum atomic E-state index is -3.52. The average Bonchev–Trinajstić information content (AvgIpc) is 2.44. The molecule has 5 nitrogen and oxygen atoms in total. The smallest absolute Gasteiger partial charge is 0.337 e. The first-order valence-corrected chi connectivity index (χ1v) is 8.41. The molecule has 1 N–H and O–H groups in total. The van der Waals surface area contributed by atoms with Gasteiger partial charge < -0.3 is 4.74 Å². The van der Waals surface area contributed by atoms with Gasteiger partial charge in [-0.2, -0.15) is 0 Å². The van der Waals surface area contributed by atoms with Crippen LogP contribution in [0.25, 0.3) is 0 Å². The lowest BCUT2D eigenvalue weighted by atomic mass is 10.0. The van der Waals surface area contributed by atoms with Gasteiger partial charge in [-0.15, -0.1) is 6.58 Å². The Kier molecular flexibility index (Phi) is 5.91. The van der Waals surface area contributed by atoms with E-state index in [1.54, 1.807) is 51.1 Å². The van der Waals surface area contributed by atoms with E-state index in [4.69, 9.17) is 0 Å². The summed E-state index contributed by atoms with van der Waals surface area (Å²) in [4.78, 5) is 11.6. The van der Waals surface area contributed by atoms with Gasteiger partial charge in [0.15, 0.2) is 0 Å². The molecule has 122 valence electrons. The van der Waals surface area contributed by atoms with Gasteiger partial charge >= 0.3 is 5.97 Å². The molecule has 0 aliphatic rings. The summed E-state index contributed by atoms with van der Waals surface area (Å²) in [6.45, 7) is 8.56. The van der Waals surface area contributed by atoms with Gasteiger partial charge in [0.05, 0.1) is 23.5 Å². The van der Waals surface area contributed by atoms with Crippen molar-refractivity contribution in [2.45, 2.75) is 38.0 Å². The van der Waals surface area contributed by atoms with Crippen LogP contribution in [0, 0.1) is 0 Å². The quantitative estimate of drug-likeness (QED) is 0.645. The van der Waals surface area contributed by atoms with Gasteiger partial charge in [-0.1, -0.05) is 18.2 Å². The standard InChI is InChI=1S/C16H23NO4S/c1-6-8-14(17-22(19,20)16(2,3)4)12-9-7-10-13(11-12)15(18)21-5/h6-7,9-11,14,17H,1,8H2,2-5H3/t14-/m1/s1. The third-order valence-corrected chi connectivity index (χ3v) is 5.42. The van der Waals surface area contributed by atoms with E-state index >= 15 is 0 Å². The molecular formula is C16H23NO4S. The summed E-state index contributed by atoms with van der Waals surface area (Å²) in [5.74, 6) is -0.460. The van der Waals surface area contributed by atoms with Gasteiger partial charge in [-0.3, -0.25) is 0 Å². The van der Waals surface area contributed by atoms with Gasteiger partial charge in [0, 0.05) is 0 Å². The summed E-state index contributed by atoms with van der Waals surface area (Å²) in [6.07, 6.45) is 2.06. The lowest BCUT2D eigenvalue weighted by Crippen LogP contribution is -2.41. The van der Waals surface area contributed by atoms with Crippen LogP contribution in [-0.4, -0.2) is 26.2 Å². The van der Waals surface area contributed by atoms with E-state index in [1.165, 1.54) is 7.11 Å². The largest absolute Gasteiger partial charge is 0.465 e. The second-order valence-corrected chi connectivity index (χ2v) is 8.39. The fraction of sp³-hybridized carbons (Fsp3) is 0.438. The van der Waals surface area contributed by atoms with Crippen molar-refractivity contribution in [3.8, 4) is 0 Å². The number of nitrogens with one attached hydrogen (secondary N) is 1. The predicted molar refractivity (Wildman–Crippen MR) is 87.1 cm³/mol. The molecule has 1 rings (SSSR count). The van der Waals surface area contributed by atoms with E-state index in [0.29, 0.717) is 17.5 Å². The Morgan fingerprint density at radius 3 is 2.55 bits per heavy atom. The number of hydrogen-bond donors (Lipinski definition) is 1. The minimum Gasteiger partial charge on any atom is -0.465 e. The molecule has 0 amide bonds. The number of methoxy groups -OCH3 is 1. The molecule has 1 atom stereocenters. The Labute approximate surface area is 132 Å². The van der Waals surface area contributed by atoms with Crippen LogP contribution in [-0.2, 0) is 14.8 Å². The van der Waals surface area contributed by atoms with Crippen molar-refractivity contribution in [1.29, 1.82) is 0 Å². The van der Waals surface area contributed by atoms with Gasteiger partial charge in [0.25, 0.3) is 0 Å². The van der Waals surface area contributed by atoms with Crippen molar-refractivity contribution in [3.63, 3.8) is 0 Å². The van der Waals surface area contributed by atoms with Crippen molar-refractivity contribution in [1.82, 2.24) is 4.72 Å². The Hall–Kier alpha value is -1.66. The van der Waals surface area contributed by atoms with Crippen LogP contribution in [0.2, 0.25) is 0 Å². The number of rotatable bonds is 6. The van der Waals surface area contributed by atoms with Gasteiger partial charge in [0.2, 0.25) is 10.0 Å².